The molecule has 0 unspecified atom stereocenters. The van der Waals surface area contributed by atoms with E-state index in [1.165, 1.54) is 18.5 Å². The minimum atomic E-state index is -0.438. The minimum absolute atomic E-state index is 0.0204. The van der Waals surface area contributed by atoms with Crippen molar-refractivity contribution in [2.75, 3.05) is 33.1 Å². The second-order valence-corrected chi connectivity index (χ2v) is 7.80. The molecule has 0 fully saturated rings. The summed E-state index contributed by atoms with van der Waals surface area (Å²) in [5, 5.41) is 12.6. The first-order valence-electron chi connectivity index (χ1n) is 8.03. The molecule has 7 nitrogen and oxygen atoms in total. The lowest BCUT2D eigenvalue weighted by atomic mass is 10.1. The van der Waals surface area contributed by atoms with E-state index in [1.54, 1.807) is 12.1 Å². The predicted molar refractivity (Wildman–Crippen MR) is 110 cm³/mol. The second-order valence-electron chi connectivity index (χ2n) is 6.98. The number of halogens is 2. The maximum atomic E-state index is 11.2. The Kier molecular flexibility index (Phi) is 4.94. The third-order valence-corrected chi connectivity index (χ3v) is 4.95. The molecule has 27 heavy (non-hydrogen) atoms. The first-order chi connectivity index (χ1) is 12.6. The average molecular weight is 407 g/mol. The third-order valence-electron chi connectivity index (χ3n) is 4.23. The zero-order valence-corrected chi connectivity index (χ0v) is 16.8. The van der Waals surface area contributed by atoms with E-state index >= 15 is 0 Å². The van der Waals surface area contributed by atoms with Crippen LogP contribution < -0.4 is 9.38 Å². The van der Waals surface area contributed by atoms with Crippen molar-refractivity contribution in [1.82, 2.24) is 14.5 Å². The Hall–Kier alpha value is -2.48. The van der Waals surface area contributed by atoms with Crippen LogP contribution in [0.4, 0.5) is 22.9 Å². The molecular weight excluding hydrogens is 389 g/mol. The van der Waals surface area contributed by atoms with E-state index in [2.05, 4.69) is 9.97 Å². The smallest absolute Gasteiger partial charge is 0.270 e. The fraction of sp³-hybridized carbons (Fsp3) is 0.222. The molecular formula is C18H18Cl2N5O2+. The molecule has 1 aromatic heterocycles. The van der Waals surface area contributed by atoms with Crippen LogP contribution >= 0.6 is 23.2 Å². The van der Waals surface area contributed by atoms with Crippen LogP contribution in [-0.2, 0) is 0 Å². The Balaban J connectivity index is 2.25. The maximum Gasteiger partial charge on any atom is 0.270 e. The highest BCUT2D eigenvalue weighted by atomic mass is 35.5. The van der Waals surface area contributed by atoms with E-state index < -0.39 is 4.92 Å². The topological polar surface area (TPSA) is 72.2 Å². The zero-order chi connectivity index (χ0) is 19.9. The van der Waals surface area contributed by atoms with Gasteiger partial charge in [-0.2, -0.15) is 0 Å². The van der Waals surface area contributed by atoms with Crippen molar-refractivity contribution >= 4 is 57.0 Å². The van der Waals surface area contributed by atoms with Crippen molar-refractivity contribution in [3.63, 3.8) is 0 Å². The SMILES string of the molecule is CN(c1cc(Cl)c(Cl)cc1[N+](C)(C)C)c1ncnc2ccc([N+](=O)[O-])cc12. The monoisotopic (exact) mass is 406 g/mol. The van der Waals surface area contributed by atoms with Crippen LogP contribution in [0.1, 0.15) is 0 Å². The Morgan fingerprint density at radius 1 is 1.07 bits per heavy atom. The second kappa shape index (κ2) is 6.92. The number of nitrogens with zero attached hydrogens (tertiary/aromatic N) is 5. The third kappa shape index (κ3) is 3.66. The van der Waals surface area contributed by atoms with Gasteiger partial charge in [-0.3, -0.25) is 14.6 Å². The van der Waals surface area contributed by atoms with Crippen LogP contribution in [0.15, 0.2) is 36.7 Å². The summed E-state index contributed by atoms with van der Waals surface area (Å²) in [6, 6.07) is 8.11. The van der Waals surface area contributed by atoms with Crippen molar-refractivity contribution in [3.8, 4) is 0 Å². The molecule has 0 aliphatic rings. The number of nitro groups is 1. The van der Waals surface area contributed by atoms with Crippen LogP contribution in [-0.4, -0.2) is 43.1 Å². The molecule has 0 amide bonds. The summed E-state index contributed by atoms with van der Waals surface area (Å²) in [7, 11) is 7.87. The molecule has 0 aliphatic heterocycles. The first-order valence-corrected chi connectivity index (χ1v) is 8.79. The average Bonchev–Trinajstić information content (AvgIpc) is 2.61. The maximum absolute atomic E-state index is 11.2. The summed E-state index contributed by atoms with van der Waals surface area (Å²) in [5.74, 6) is 0.539. The van der Waals surface area contributed by atoms with Crippen LogP contribution in [0.5, 0.6) is 0 Å². The highest BCUT2D eigenvalue weighted by molar-refractivity contribution is 6.42. The Morgan fingerprint density at radius 2 is 1.74 bits per heavy atom. The van der Waals surface area contributed by atoms with Crippen molar-refractivity contribution in [2.45, 2.75) is 0 Å². The van der Waals surface area contributed by atoms with Gasteiger partial charge in [0.25, 0.3) is 5.69 Å². The number of fused-ring (bicyclic) bond motifs is 1. The number of hydrogen-bond donors (Lipinski definition) is 0. The summed E-state index contributed by atoms with van der Waals surface area (Å²) < 4.78 is 0.500. The van der Waals surface area contributed by atoms with Crippen molar-refractivity contribution in [1.29, 1.82) is 0 Å². The first kappa shape index (κ1) is 19.3. The number of hydrogen-bond acceptors (Lipinski definition) is 5. The molecule has 0 N–H and O–H groups in total. The lowest BCUT2D eigenvalue weighted by molar-refractivity contribution is -0.384. The molecule has 0 saturated carbocycles. The number of benzene rings is 2. The van der Waals surface area contributed by atoms with Crippen LogP contribution in [0.3, 0.4) is 0 Å². The molecule has 0 radical (unpaired) electrons. The minimum Gasteiger partial charge on any atom is -0.324 e. The van der Waals surface area contributed by atoms with Gasteiger partial charge in [-0.1, -0.05) is 23.2 Å². The molecule has 3 aromatic rings. The van der Waals surface area contributed by atoms with Crippen molar-refractivity contribution < 1.29 is 4.92 Å². The van der Waals surface area contributed by atoms with Gasteiger partial charge < -0.3 is 4.90 Å². The van der Waals surface area contributed by atoms with Crippen LogP contribution in [0.25, 0.3) is 10.9 Å². The van der Waals surface area contributed by atoms with Gasteiger partial charge in [-0.15, -0.1) is 0 Å². The highest BCUT2D eigenvalue weighted by Crippen LogP contribution is 2.41. The molecule has 9 heteroatoms. The fourth-order valence-corrected chi connectivity index (χ4v) is 3.17. The van der Waals surface area contributed by atoms with Crippen molar-refractivity contribution in [2.24, 2.45) is 0 Å². The number of nitro benzene ring substituents is 1. The van der Waals surface area contributed by atoms with Gasteiger partial charge in [0.1, 0.15) is 17.8 Å². The van der Waals surface area contributed by atoms with Gasteiger partial charge in [0.15, 0.2) is 5.69 Å². The Bertz CT molecular complexity index is 1050. The largest absolute Gasteiger partial charge is 0.324 e. The fourth-order valence-electron chi connectivity index (χ4n) is 2.86. The molecule has 0 atom stereocenters. The number of rotatable bonds is 4. The van der Waals surface area contributed by atoms with Gasteiger partial charge in [0, 0.05) is 25.2 Å². The van der Waals surface area contributed by atoms with E-state index in [0.29, 0.717) is 31.2 Å². The van der Waals surface area contributed by atoms with Gasteiger partial charge in [0.2, 0.25) is 0 Å². The summed E-state index contributed by atoms with van der Waals surface area (Å²) in [5.41, 5.74) is 2.31. The number of non-ortho nitro benzene ring substituents is 1. The van der Waals surface area contributed by atoms with Crippen molar-refractivity contribution in [3.05, 3.63) is 56.8 Å². The van der Waals surface area contributed by atoms with Gasteiger partial charge in [-0.25, -0.2) is 9.97 Å². The zero-order valence-electron chi connectivity index (χ0n) is 15.3. The number of aromatic nitrogens is 2. The summed E-state index contributed by atoms with van der Waals surface area (Å²) in [6.45, 7) is 0. The molecule has 0 spiro atoms. The van der Waals surface area contributed by atoms with E-state index in [9.17, 15) is 10.1 Å². The number of anilines is 2. The normalized spacial score (nSPS) is 11.6. The van der Waals surface area contributed by atoms with Crippen LogP contribution in [0, 0.1) is 10.1 Å². The molecule has 1 heterocycles. The quantitative estimate of drug-likeness (QED) is 0.353. The van der Waals surface area contributed by atoms with Gasteiger partial charge in [-0.05, 0) is 12.1 Å². The molecule has 0 aliphatic carbocycles. The molecule has 0 bridgehead atoms. The Labute approximate surface area is 166 Å². The summed E-state index contributed by atoms with van der Waals surface area (Å²) >= 11 is 12.5. The number of quaternary nitrogens is 1. The van der Waals surface area contributed by atoms with Gasteiger partial charge in [0.05, 0.1) is 47.0 Å². The van der Waals surface area contributed by atoms with E-state index in [4.69, 9.17) is 23.2 Å². The molecule has 2 aromatic carbocycles. The van der Waals surface area contributed by atoms with E-state index in [1.807, 2.05) is 39.2 Å². The summed E-state index contributed by atoms with van der Waals surface area (Å²) in [4.78, 5) is 21.2. The van der Waals surface area contributed by atoms with E-state index in [0.717, 1.165) is 11.4 Å². The molecule has 140 valence electrons. The molecule has 0 saturated heterocycles. The van der Waals surface area contributed by atoms with Crippen LogP contribution in [0.2, 0.25) is 10.0 Å². The van der Waals surface area contributed by atoms with Gasteiger partial charge >= 0.3 is 0 Å². The molecule has 3 rings (SSSR count). The predicted octanol–water partition coefficient (Wildman–Crippen LogP) is 4.81. The summed E-state index contributed by atoms with van der Waals surface area (Å²) in [6.07, 6.45) is 1.43. The highest BCUT2D eigenvalue weighted by Gasteiger charge is 2.25. The lowest BCUT2D eigenvalue weighted by Crippen LogP contribution is -2.36. The Morgan fingerprint density at radius 3 is 2.37 bits per heavy atom. The lowest BCUT2D eigenvalue weighted by Gasteiger charge is -2.30. The van der Waals surface area contributed by atoms with E-state index in [-0.39, 0.29) is 5.69 Å². The standard InChI is InChI=1S/C18H18Cl2N5O2/c1-23(16-8-13(19)14(20)9-17(16)25(2,3)4)18-12-7-11(24(26)27)5-6-15(12)21-10-22-18/h5-10H,1-4H3/q+1.